The number of aryl methyl sites for hydroxylation is 2. The van der Waals surface area contributed by atoms with Crippen molar-refractivity contribution < 1.29 is 14.3 Å². The van der Waals surface area contributed by atoms with E-state index in [0.717, 1.165) is 26.7 Å². The lowest BCUT2D eigenvalue weighted by Crippen LogP contribution is -2.51. The molecule has 1 N–H and O–H groups in total. The number of nitrogens with one attached hydrogen (secondary N) is 1. The molecule has 3 aromatic rings. The van der Waals surface area contributed by atoms with Crippen molar-refractivity contribution in [3.8, 4) is 5.75 Å². The summed E-state index contributed by atoms with van der Waals surface area (Å²) in [5.41, 5.74) is 4.04. The van der Waals surface area contributed by atoms with Crippen molar-refractivity contribution in [3.05, 3.63) is 99.5 Å². The molecule has 1 atom stereocenters. The number of hydrogen-bond acceptors (Lipinski definition) is 3. The summed E-state index contributed by atoms with van der Waals surface area (Å²) < 4.78 is 6.80. The van der Waals surface area contributed by atoms with Gasteiger partial charge in [0.15, 0.2) is 6.61 Å². The predicted octanol–water partition coefficient (Wildman–Crippen LogP) is 4.83. The van der Waals surface area contributed by atoms with Gasteiger partial charge >= 0.3 is 0 Å². The Morgan fingerprint density at radius 3 is 2.18 bits per heavy atom. The van der Waals surface area contributed by atoms with Crippen molar-refractivity contribution in [2.75, 3.05) is 13.7 Å². The second-order valence-electron chi connectivity index (χ2n) is 8.08. The summed E-state index contributed by atoms with van der Waals surface area (Å²) in [5, 5.41) is 2.72. The average molecular weight is 509 g/mol. The van der Waals surface area contributed by atoms with Gasteiger partial charge in [-0.3, -0.25) is 9.59 Å². The molecule has 0 aliphatic carbocycles. The van der Waals surface area contributed by atoms with Gasteiger partial charge in [0, 0.05) is 24.5 Å². The van der Waals surface area contributed by atoms with E-state index >= 15 is 0 Å². The molecule has 6 heteroatoms. The third-order valence-corrected chi connectivity index (χ3v) is 5.87. The summed E-state index contributed by atoms with van der Waals surface area (Å²) >= 11 is 3.45. The van der Waals surface area contributed by atoms with Crippen LogP contribution < -0.4 is 10.1 Å². The molecule has 0 unspecified atom stereocenters. The molecule has 0 bridgehead atoms. The molecule has 3 rings (SSSR count). The fourth-order valence-electron chi connectivity index (χ4n) is 3.75. The van der Waals surface area contributed by atoms with Gasteiger partial charge in [0.1, 0.15) is 11.8 Å². The van der Waals surface area contributed by atoms with Gasteiger partial charge in [-0.25, -0.2) is 0 Å². The largest absolute Gasteiger partial charge is 0.484 e. The molecule has 33 heavy (non-hydrogen) atoms. The lowest BCUT2D eigenvalue weighted by Gasteiger charge is -2.31. The quantitative estimate of drug-likeness (QED) is 0.450. The molecule has 0 spiro atoms. The molecule has 0 aliphatic rings. The summed E-state index contributed by atoms with van der Waals surface area (Å²) in [5.74, 6) is 0.182. The average Bonchev–Trinajstić information content (AvgIpc) is 2.80. The standard InChI is InChI=1S/C27H29BrN2O3/c1-19-13-20(2)15-24(14-19)33-18-26(31)30(17-22-9-11-23(28)12-10-22)25(27(32)29-3)16-21-7-5-4-6-8-21/h4-15,25H,16-18H2,1-3H3,(H,29,32)/t25-/m0/s1. The van der Waals surface area contributed by atoms with Gasteiger partial charge in [0.2, 0.25) is 5.91 Å². The summed E-state index contributed by atoms with van der Waals surface area (Å²) in [6, 6.07) is 22.6. The van der Waals surface area contributed by atoms with Gasteiger partial charge in [0.25, 0.3) is 5.91 Å². The minimum Gasteiger partial charge on any atom is -0.484 e. The number of hydrogen-bond donors (Lipinski definition) is 1. The van der Waals surface area contributed by atoms with Crippen LogP contribution in [0.1, 0.15) is 22.3 Å². The highest BCUT2D eigenvalue weighted by Gasteiger charge is 2.30. The van der Waals surface area contributed by atoms with Crippen LogP contribution in [0, 0.1) is 13.8 Å². The predicted molar refractivity (Wildman–Crippen MR) is 134 cm³/mol. The lowest BCUT2D eigenvalue weighted by atomic mass is 10.0. The van der Waals surface area contributed by atoms with E-state index in [-0.39, 0.29) is 18.4 Å². The number of halogens is 1. The van der Waals surface area contributed by atoms with Crippen molar-refractivity contribution in [3.63, 3.8) is 0 Å². The summed E-state index contributed by atoms with van der Waals surface area (Å²) in [6.07, 6.45) is 0.409. The van der Waals surface area contributed by atoms with Crippen LogP contribution in [-0.4, -0.2) is 36.4 Å². The van der Waals surface area contributed by atoms with E-state index in [0.29, 0.717) is 18.7 Å². The third-order valence-electron chi connectivity index (χ3n) is 5.34. The van der Waals surface area contributed by atoms with E-state index < -0.39 is 6.04 Å². The molecular formula is C27H29BrN2O3. The first-order valence-electron chi connectivity index (χ1n) is 10.9. The Hall–Kier alpha value is -3.12. The zero-order valence-corrected chi connectivity index (χ0v) is 20.8. The molecular weight excluding hydrogens is 480 g/mol. The second-order valence-corrected chi connectivity index (χ2v) is 9.00. The zero-order chi connectivity index (χ0) is 23.8. The van der Waals surface area contributed by atoms with Gasteiger partial charge in [-0.15, -0.1) is 0 Å². The molecule has 0 aliphatic heterocycles. The molecule has 2 amide bonds. The molecule has 0 fully saturated rings. The van der Waals surface area contributed by atoms with Crippen molar-refractivity contribution >= 4 is 27.7 Å². The molecule has 0 aromatic heterocycles. The van der Waals surface area contributed by atoms with E-state index in [2.05, 4.69) is 27.3 Å². The molecule has 5 nitrogen and oxygen atoms in total. The van der Waals surface area contributed by atoms with Crippen LogP contribution in [0.4, 0.5) is 0 Å². The minimum absolute atomic E-state index is 0.151. The van der Waals surface area contributed by atoms with Crippen LogP contribution in [0.25, 0.3) is 0 Å². The Labute approximate surface area is 203 Å². The fraction of sp³-hybridized carbons (Fsp3) is 0.259. The molecule has 172 valence electrons. The van der Waals surface area contributed by atoms with E-state index in [9.17, 15) is 9.59 Å². The summed E-state index contributed by atoms with van der Waals surface area (Å²) in [7, 11) is 1.59. The molecule has 3 aromatic carbocycles. The van der Waals surface area contributed by atoms with E-state index in [1.807, 2.05) is 80.6 Å². The van der Waals surface area contributed by atoms with Crippen LogP contribution >= 0.6 is 15.9 Å². The van der Waals surface area contributed by atoms with Gasteiger partial charge in [0.05, 0.1) is 0 Å². The molecule has 0 saturated carbocycles. The Balaban J connectivity index is 1.87. The van der Waals surface area contributed by atoms with Crippen molar-refractivity contribution in [1.82, 2.24) is 10.2 Å². The van der Waals surface area contributed by atoms with Gasteiger partial charge < -0.3 is 15.0 Å². The van der Waals surface area contributed by atoms with Crippen molar-refractivity contribution in [2.24, 2.45) is 0 Å². The second kappa shape index (κ2) is 11.7. The van der Waals surface area contributed by atoms with Gasteiger partial charge in [-0.05, 0) is 60.4 Å². The number of likely N-dealkylation sites (N-methyl/N-ethyl adjacent to an activating group) is 1. The Morgan fingerprint density at radius 2 is 1.58 bits per heavy atom. The number of amides is 2. The van der Waals surface area contributed by atoms with E-state index in [1.54, 1.807) is 11.9 Å². The smallest absolute Gasteiger partial charge is 0.261 e. The monoisotopic (exact) mass is 508 g/mol. The van der Waals surface area contributed by atoms with Crippen molar-refractivity contribution in [1.29, 1.82) is 0 Å². The molecule has 0 heterocycles. The first-order chi connectivity index (χ1) is 15.9. The van der Waals surface area contributed by atoms with Crippen LogP contribution in [0.15, 0.2) is 77.3 Å². The summed E-state index contributed by atoms with van der Waals surface area (Å²) in [4.78, 5) is 27.9. The fourth-order valence-corrected chi connectivity index (χ4v) is 4.02. The number of carbonyl (C=O) groups is 2. The number of benzene rings is 3. The van der Waals surface area contributed by atoms with E-state index in [4.69, 9.17) is 4.74 Å². The minimum atomic E-state index is -0.670. The first-order valence-corrected chi connectivity index (χ1v) is 11.7. The maximum Gasteiger partial charge on any atom is 0.261 e. The SMILES string of the molecule is CNC(=O)[C@H](Cc1ccccc1)N(Cc1ccc(Br)cc1)C(=O)COc1cc(C)cc(C)c1. The molecule has 0 radical (unpaired) electrons. The Morgan fingerprint density at radius 1 is 0.939 bits per heavy atom. The van der Waals surface area contributed by atoms with Crippen molar-refractivity contribution in [2.45, 2.75) is 32.9 Å². The number of ether oxygens (including phenoxy) is 1. The van der Waals surface area contributed by atoms with Crippen LogP contribution in [-0.2, 0) is 22.6 Å². The Bertz CT molecular complexity index is 1060. The highest BCUT2D eigenvalue weighted by atomic mass is 79.9. The Kier molecular flexibility index (Phi) is 8.66. The van der Waals surface area contributed by atoms with Gasteiger partial charge in [-0.1, -0.05) is 64.5 Å². The number of carbonyl (C=O) groups excluding carboxylic acids is 2. The summed E-state index contributed by atoms with van der Waals surface area (Å²) in [6.45, 7) is 4.13. The topological polar surface area (TPSA) is 58.6 Å². The first kappa shape index (κ1) is 24.5. The lowest BCUT2D eigenvalue weighted by molar-refractivity contribution is -0.142. The third kappa shape index (κ3) is 7.19. The van der Waals surface area contributed by atoms with Crippen LogP contribution in [0.5, 0.6) is 5.75 Å². The number of nitrogens with zero attached hydrogens (tertiary/aromatic N) is 1. The van der Waals surface area contributed by atoms with E-state index in [1.165, 1.54) is 0 Å². The van der Waals surface area contributed by atoms with Crippen LogP contribution in [0.2, 0.25) is 0 Å². The van der Waals surface area contributed by atoms with Gasteiger partial charge in [-0.2, -0.15) is 0 Å². The zero-order valence-electron chi connectivity index (χ0n) is 19.2. The normalized spacial score (nSPS) is 11.5. The highest BCUT2D eigenvalue weighted by molar-refractivity contribution is 9.10. The molecule has 0 saturated heterocycles. The van der Waals surface area contributed by atoms with Crippen LogP contribution in [0.3, 0.4) is 0 Å². The maximum absolute atomic E-state index is 13.4. The number of rotatable bonds is 9. The highest BCUT2D eigenvalue weighted by Crippen LogP contribution is 2.19. The maximum atomic E-state index is 13.4.